The van der Waals surface area contributed by atoms with E-state index in [1.165, 1.54) is 11.8 Å². The van der Waals surface area contributed by atoms with Crippen LogP contribution in [-0.4, -0.2) is 40.8 Å². The lowest BCUT2D eigenvalue weighted by Crippen LogP contribution is -2.44. The van der Waals surface area contributed by atoms with Crippen LogP contribution in [-0.2, 0) is 16.1 Å². The molecule has 0 N–H and O–H groups in total. The molecule has 1 atom stereocenters. The Balaban J connectivity index is 1.74. The Bertz CT molecular complexity index is 502. The number of carbonyl (C=O) groups excluding carboxylic acids is 1. The number of benzene rings is 1. The first-order chi connectivity index (χ1) is 10.8. The lowest BCUT2D eigenvalue weighted by atomic mass is 10.1. The van der Waals surface area contributed by atoms with E-state index in [4.69, 9.17) is 4.74 Å². The van der Waals surface area contributed by atoms with Gasteiger partial charge in [0.15, 0.2) is 0 Å². The summed E-state index contributed by atoms with van der Waals surface area (Å²) in [5, 5.41) is -1.10. The number of hydrogen-bond acceptors (Lipinski definition) is 3. The topological polar surface area (TPSA) is 29.5 Å². The molecule has 0 aliphatic carbocycles. The van der Waals surface area contributed by atoms with Gasteiger partial charge in [-0.05, 0) is 37.1 Å². The van der Waals surface area contributed by atoms with E-state index >= 15 is 0 Å². The molecule has 7 heteroatoms. The zero-order chi connectivity index (χ0) is 16.9. The minimum atomic E-state index is -4.38. The van der Waals surface area contributed by atoms with Crippen LogP contribution in [0.25, 0.3) is 0 Å². The molecule has 1 saturated heterocycles. The molecule has 0 bridgehead atoms. The number of amides is 1. The molecule has 1 heterocycles. The van der Waals surface area contributed by atoms with Crippen molar-refractivity contribution in [2.45, 2.75) is 43.2 Å². The second-order valence-electron chi connectivity index (χ2n) is 5.53. The van der Waals surface area contributed by atoms with E-state index < -0.39 is 16.7 Å². The summed E-state index contributed by atoms with van der Waals surface area (Å²) < 4.78 is 42.8. The quantitative estimate of drug-likeness (QED) is 0.811. The molecule has 1 aliphatic heterocycles. The Kier molecular flexibility index (Phi) is 6.35. The summed E-state index contributed by atoms with van der Waals surface area (Å²) >= 11 is -0.256. The Morgan fingerprint density at radius 2 is 1.91 bits per heavy atom. The summed E-state index contributed by atoms with van der Waals surface area (Å²) in [5.41, 5.74) is -3.30. The molecule has 0 spiro atoms. The molecule has 128 valence electrons. The number of hydrogen-bond donors (Lipinski definition) is 0. The molecule has 1 aliphatic rings. The molecule has 0 radical (unpaired) electrons. The number of nitrogens with zero attached hydrogens (tertiary/aromatic N) is 1. The maximum Gasteiger partial charge on any atom is 0.442 e. The van der Waals surface area contributed by atoms with Crippen molar-refractivity contribution in [2.75, 3.05) is 13.1 Å². The van der Waals surface area contributed by atoms with Gasteiger partial charge in [0.25, 0.3) is 0 Å². The molecule has 1 aromatic rings. The Morgan fingerprint density at radius 1 is 1.30 bits per heavy atom. The molecular formula is C16H20F3NO2S. The lowest BCUT2D eigenvalue weighted by molar-refractivity contribution is -0.133. The highest BCUT2D eigenvalue weighted by atomic mass is 32.2. The summed E-state index contributed by atoms with van der Waals surface area (Å²) in [7, 11) is 0. The highest BCUT2D eigenvalue weighted by Crippen LogP contribution is 2.34. The summed E-state index contributed by atoms with van der Waals surface area (Å²) in [5.74, 6) is -0.450. The van der Waals surface area contributed by atoms with Gasteiger partial charge in [0.05, 0.1) is 18.0 Å². The van der Waals surface area contributed by atoms with E-state index in [2.05, 4.69) is 0 Å². The molecular weight excluding hydrogens is 327 g/mol. The Hall–Kier alpha value is -1.21. The van der Waals surface area contributed by atoms with Crippen molar-refractivity contribution in [3.05, 3.63) is 35.9 Å². The molecule has 1 fully saturated rings. The van der Waals surface area contributed by atoms with Crippen LogP contribution in [0.3, 0.4) is 0 Å². The van der Waals surface area contributed by atoms with Crippen LogP contribution >= 0.6 is 11.8 Å². The monoisotopic (exact) mass is 347 g/mol. The number of rotatable bonds is 5. The molecule has 1 amide bonds. The third-order valence-electron chi connectivity index (χ3n) is 3.74. The smallest absolute Gasteiger partial charge is 0.373 e. The van der Waals surface area contributed by atoms with Crippen molar-refractivity contribution in [2.24, 2.45) is 0 Å². The van der Waals surface area contributed by atoms with Gasteiger partial charge in [-0.3, -0.25) is 4.79 Å². The highest BCUT2D eigenvalue weighted by molar-refractivity contribution is 8.01. The predicted molar refractivity (Wildman–Crippen MR) is 83.9 cm³/mol. The average molecular weight is 347 g/mol. The summed E-state index contributed by atoms with van der Waals surface area (Å²) in [6, 6.07) is 9.79. The largest absolute Gasteiger partial charge is 0.442 e. The zero-order valence-electron chi connectivity index (χ0n) is 12.9. The van der Waals surface area contributed by atoms with Gasteiger partial charge in [0.2, 0.25) is 5.91 Å². The fraction of sp³-hybridized carbons (Fsp3) is 0.562. The van der Waals surface area contributed by atoms with E-state index in [9.17, 15) is 18.0 Å². The number of carbonyl (C=O) groups is 1. The van der Waals surface area contributed by atoms with Crippen LogP contribution in [0.5, 0.6) is 0 Å². The van der Waals surface area contributed by atoms with Gasteiger partial charge in [-0.15, -0.1) is 0 Å². The van der Waals surface area contributed by atoms with E-state index in [0.717, 1.165) is 5.56 Å². The fourth-order valence-corrected chi connectivity index (χ4v) is 3.19. The first-order valence-corrected chi connectivity index (χ1v) is 8.42. The van der Waals surface area contributed by atoms with Gasteiger partial charge in [-0.1, -0.05) is 30.3 Å². The summed E-state index contributed by atoms with van der Waals surface area (Å²) in [6.07, 6.45) is 1.36. The first kappa shape index (κ1) is 18.1. The molecule has 1 aromatic carbocycles. The van der Waals surface area contributed by atoms with E-state index in [1.807, 2.05) is 30.3 Å². The van der Waals surface area contributed by atoms with Crippen molar-refractivity contribution < 1.29 is 22.7 Å². The minimum Gasteiger partial charge on any atom is -0.373 e. The summed E-state index contributed by atoms with van der Waals surface area (Å²) in [6.45, 7) is 2.71. The van der Waals surface area contributed by atoms with Crippen molar-refractivity contribution in [3.63, 3.8) is 0 Å². The normalized spacial score (nSPS) is 18.0. The lowest BCUT2D eigenvalue weighted by Gasteiger charge is -2.33. The first-order valence-electron chi connectivity index (χ1n) is 7.54. The molecule has 3 nitrogen and oxygen atoms in total. The standard InChI is InChI=1S/C16H20F3NO2S/c1-12(23-16(17,18)19)15(21)20-9-7-14(8-10-20)22-11-13-5-3-2-4-6-13/h2-6,12,14H,7-11H2,1H3/t12-/m0/s1. The van der Waals surface area contributed by atoms with Gasteiger partial charge < -0.3 is 9.64 Å². The van der Waals surface area contributed by atoms with E-state index in [1.54, 1.807) is 0 Å². The second-order valence-corrected chi connectivity index (χ2v) is 6.93. The van der Waals surface area contributed by atoms with Crippen molar-refractivity contribution >= 4 is 17.7 Å². The van der Waals surface area contributed by atoms with Gasteiger partial charge in [0, 0.05) is 13.1 Å². The van der Waals surface area contributed by atoms with Crippen molar-refractivity contribution in [3.8, 4) is 0 Å². The van der Waals surface area contributed by atoms with Gasteiger partial charge >= 0.3 is 5.51 Å². The number of likely N-dealkylation sites (tertiary alicyclic amines) is 1. The maximum atomic E-state index is 12.3. The number of ether oxygens (including phenoxy) is 1. The SMILES string of the molecule is C[C@H](SC(F)(F)F)C(=O)N1CCC(OCc2ccccc2)CC1. The van der Waals surface area contributed by atoms with Crippen molar-refractivity contribution in [1.29, 1.82) is 0 Å². The Labute approximate surface area is 138 Å². The van der Waals surface area contributed by atoms with Gasteiger partial charge in [-0.2, -0.15) is 13.2 Å². The van der Waals surface area contributed by atoms with E-state index in [-0.39, 0.29) is 17.9 Å². The molecule has 0 unspecified atom stereocenters. The van der Waals surface area contributed by atoms with Gasteiger partial charge in [0.1, 0.15) is 0 Å². The number of halogens is 3. The number of piperidine rings is 1. The third-order valence-corrected chi connectivity index (χ3v) is 4.56. The van der Waals surface area contributed by atoms with E-state index in [0.29, 0.717) is 32.5 Å². The number of alkyl halides is 3. The van der Waals surface area contributed by atoms with Crippen LogP contribution in [0.1, 0.15) is 25.3 Å². The molecule has 0 aromatic heterocycles. The van der Waals surface area contributed by atoms with Crippen LogP contribution in [0.4, 0.5) is 13.2 Å². The molecule has 2 rings (SSSR count). The molecule has 0 saturated carbocycles. The number of thioether (sulfide) groups is 1. The van der Waals surface area contributed by atoms with Gasteiger partial charge in [-0.25, -0.2) is 0 Å². The Morgan fingerprint density at radius 3 is 2.48 bits per heavy atom. The van der Waals surface area contributed by atoms with Crippen LogP contribution in [0.15, 0.2) is 30.3 Å². The molecule has 23 heavy (non-hydrogen) atoms. The average Bonchev–Trinajstić information content (AvgIpc) is 2.52. The maximum absolute atomic E-state index is 12.3. The zero-order valence-corrected chi connectivity index (χ0v) is 13.7. The summed E-state index contributed by atoms with van der Waals surface area (Å²) in [4.78, 5) is 13.5. The van der Waals surface area contributed by atoms with Crippen LogP contribution < -0.4 is 0 Å². The predicted octanol–water partition coefficient (Wildman–Crippen LogP) is 3.84. The highest BCUT2D eigenvalue weighted by Gasteiger charge is 2.36. The third kappa shape index (κ3) is 6.06. The fourth-order valence-electron chi connectivity index (χ4n) is 2.54. The second kappa shape index (κ2) is 8.06. The minimum absolute atomic E-state index is 0.0461. The van der Waals surface area contributed by atoms with Crippen LogP contribution in [0, 0.1) is 0 Å². The van der Waals surface area contributed by atoms with Crippen LogP contribution in [0.2, 0.25) is 0 Å². The van der Waals surface area contributed by atoms with Crippen molar-refractivity contribution in [1.82, 2.24) is 4.90 Å².